The number of hydrogen-bond donors (Lipinski definition) is 11. The van der Waals surface area contributed by atoms with Crippen LogP contribution in [0, 0.1) is 11.8 Å². The van der Waals surface area contributed by atoms with Crippen molar-refractivity contribution in [1.82, 2.24) is 52.3 Å². The molecule has 7 amide bonds. The van der Waals surface area contributed by atoms with Gasteiger partial charge in [0.2, 0.25) is 41.4 Å². The van der Waals surface area contributed by atoms with Crippen LogP contribution >= 0.6 is 0 Å². The van der Waals surface area contributed by atoms with E-state index in [0.29, 0.717) is 101 Å². The standard InChI is InChI=1S/C56H86N10O10/c1-5-41(57-3)49(69)63-47-37(33-67)23-25-39-27-29-43(65(39)55(47)75)51(71)61-45(35-19-13-11-14-20-35)53(73)59-31-17-9-7-8-10-18-32-60-54(74)46(36-21-15-12-16-22-36)62-52(72)44-30-28-40-26-24-38(34-68)48(56(76)66(40)44)64-50(70)42(6-2)58-4/h11-16,19-22,37-49,57-58,63,67-69H,5-10,17-18,23-34H2,1-4H3,(H,59,73)(H,60,74)(H,61,71)(H,62,72)(H,64,70)/t37-,38-,39+,40+,41+,42+,43+,44+,45+,46+,47+,48+,49?/m1/s1. The van der Waals surface area contributed by atoms with Crippen LogP contribution in [0.4, 0.5) is 0 Å². The predicted molar refractivity (Wildman–Crippen MR) is 286 cm³/mol. The number of nitrogens with one attached hydrogen (secondary N) is 8. The summed E-state index contributed by atoms with van der Waals surface area (Å²) in [7, 11) is 3.40. The van der Waals surface area contributed by atoms with E-state index in [1.165, 1.54) is 0 Å². The number of rotatable bonds is 28. The summed E-state index contributed by atoms with van der Waals surface area (Å²) in [5.74, 6) is -3.63. The zero-order valence-corrected chi connectivity index (χ0v) is 45.0. The summed E-state index contributed by atoms with van der Waals surface area (Å²) in [6.45, 7) is 4.03. The number of carbonyl (C=O) groups is 7. The molecule has 6 rings (SSSR count). The van der Waals surface area contributed by atoms with Crippen molar-refractivity contribution in [1.29, 1.82) is 0 Å². The van der Waals surface area contributed by atoms with E-state index in [-0.39, 0.29) is 55.0 Å². The number of hydrogen-bond acceptors (Lipinski definition) is 13. The number of aliphatic hydroxyl groups excluding tert-OH is 3. The lowest BCUT2D eigenvalue weighted by molar-refractivity contribution is -0.144. The molecule has 2 aromatic rings. The Morgan fingerprint density at radius 3 is 1.42 bits per heavy atom. The Morgan fingerprint density at radius 1 is 0.566 bits per heavy atom. The van der Waals surface area contributed by atoms with Crippen molar-refractivity contribution in [2.75, 3.05) is 40.4 Å². The van der Waals surface area contributed by atoms with Gasteiger partial charge in [-0.1, -0.05) is 100 Å². The Balaban J connectivity index is 0.953. The maximum absolute atomic E-state index is 14.2. The summed E-state index contributed by atoms with van der Waals surface area (Å²) in [4.78, 5) is 101. The molecule has 76 heavy (non-hydrogen) atoms. The molecule has 420 valence electrons. The van der Waals surface area contributed by atoms with Gasteiger partial charge in [0.05, 0.1) is 12.1 Å². The highest BCUT2D eigenvalue weighted by atomic mass is 16.3. The minimum atomic E-state index is -1.05. The van der Waals surface area contributed by atoms with Gasteiger partial charge in [0.15, 0.2) is 0 Å². The van der Waals surface area contributed by atoms with Crippen LogP contribution in [0.5, 0.6) is 0 Å². The molecule has 4 aliphatic heterocycles. The number of aliphatic hydroxyl groups is 3. The van der Waals surface area contributed by atoms with Gasteiger partial charge in [0, 0.05) is 56.3 Å². The lowest BCUT2D eigenvalue weighted by Gasteiger charge is -2.34. The zero-order valence-electron chi connectivity index (χ0n) is 45.0. The van der Waals surface area contributed by atoms with Crippen LogP contribution in [0.3, 0.4) is 0 Å². The van der Waals surface area contributed by atoms with Crippen LogP contribution in [0.1, 0.15) is 140 Å². The first-order valence-corrected chi connectivity index (χ1v) is 28.0. The normalized spacial score (nSPS) is 25.4. The minimum Gasteiger partial charge on any atom is -0.396 e. The smallest absolute Gasteiger partial charge is 0.247 e. The van der Waals surface area contributed by atoms with Gasteiger partial charge in [-0.2, -0.15) is 0 Å². The average Bonchev–Trinajstić information content (AvgIpc) is 4.02. The van der Waals surface area contributed by atoms with E-state index in [1.54, 1.807) is 72.4 Å². The summed E-state index contributed by atoms with van der Waals surface area (Å²) in [5.41, 5.74) is 1.21. The molecule has 0 spiro atoms. The highest BCUT2D eigenvalue weighted by Gasteiger charge is 2.50. The fourth-order valence-corrected chi connectivity index (χ4v) is 11.8. The van der Waals surface area contributed by atoms with Gasteiger partial charge in [0.1, 0.15) is 36.4 Å². The molecule has 2 aromatic carbocycles. The van der Waals surface area contributed by atoms with Crippen LogP contribution in [0.15, 0.2) is 60.7 Å². The molecule has 11 N–H and O–H groups in total. The lowest BCUT2D eigenvalue weighted by Crippen LogP contribution is -2.60. The molecule has 4 saturated heterocycles. The SMILES string of the molecule is CC[C@H](NC)C(=O)N[C@@H]1C(=O)N2[C@@H](CC[C@@H]1CO)CC[C@H]2C(=O)N[C@H](C(=O)NCCCCCCCCNC(=O)[C@@H](NC(=O)[C@@H]1CC[C@@H]2CC[C@H](CO)[C@H](NC(O)[C@H](CC)NC)C(=O)N21)c1ccccc1)c1ccccc1. The number of fused-ring (bicyclic) bond motifs is 2. The van der Waals surface area contributed by atoms with Gasteiger partial charge in [-0.3, -0.25) is 38.9 Å². The van der Waals surface area contributed by atoms with E-state index in [9.17, 15) is 48.9 Å². The van der Waals surface area contributed by atoms with Crippen molar-refractivity contribution in [3.63, 3.8) is 0 Å². The molecule has 13 atom stereocenters. The van der Waals surface area contributed by atoms with Gasteiger partial charge in [-0.15, -0.1) is 0 Å². The number of amides is 7. The van der Waals surface area contributed by atoms with Crippen LogP contribution in [0.25, 0.3) is 0 Å². The van der Waals surface area contributed by atoms with E-state index in [2.05, 4.69) is 42.5 Å². The molecule has 4 aliphatic rings. The predicted octanol–water partition coefficient (Wildman–Crippen LogP) is 1.56. The van der Waals surface area contributed by atoms with E-state index in [0.717, 1.165) is 25.7 Å². The molecular formula is C56H86N10O10. The monoisotopic (exact) mass is 1060 g/mol. The molecule has 4 heterocycles. The van der Waals surface area contributed by atoms with Gasteiger partial charge in [-0.05, 0) is 102 Å². The van der Waals surface area contributed by atoms with Crippen molar-refractivity contribution in [3.05, 3.63) is 71.8 Å². The number of benzene rings is 2. The van der Waals surface area contributed by atoms with Crippen molar-refractivity contribution in [3.8, 4) is 0 Å². The fraction of sp³-hybridized carbons (Fsp3) is 0.661. The molecule has 4 fully saturated rings. The Morgan fingerprint density at radius 2 is 1.00 bits per heavy atom. The van der Waals surface area contributed by atoms with E-state index < -0.39 is 78.1 Å². The third kappa shape index (κ3) is 15.2. The van der Waals surface area contributed by atoms with E-state index >= 15 is 0 Å². The Hall–Kier alpha value is -5.51. The molecule has 0 radical (unpaired) electrons. The third-order valence-corrected chi connectivity index (χ3v) is 16.3. The lowest BCUT2D eigenvalue weighted by atomic mass is 9.93. The largest absolute Gasteiger partial charge is 0.396 e. The second kappa shape index (κ2) is 29.9. The van der Waals surface area contributed by atoms with Crippen molar-refractivity contribution < 1.29 is 48.9 Å². The topological polar surface area (TPSA) is 283 Å². The number of unbranched alkanes of at least 4 members (excludes halogenated alkanes) is 5. The maximum atomic E-state index is 14.2. The van der Waals surface area contributed by atoms with Gasteiger partial charge >= 0.3 is 0 Å². The fourth-order valence-electron chi connectivity index (χ4n) is 11.8. The number of carbonyl (C=O) groups excluding carboxylic acids is 7. The third-order valence-electron chi connectivity index (χ3n) is 16.3. The summed E-state index contributed by atoms with van der Waals surface area (Å²) in [5, 5.41) is 55.4. The quantitative estimate of drug-likeness (QED) is 0.0427. The maximum Gasteiger partial charge on any atom is 0.247 e. The number of likely N-dealkylation sites (N-methyl/N-ethyl adjacent to an activating group) is 2. The molecule has 0 aromatic heterocycles. The van der Waals surface area contributed by atoms with Crippen molar-refractivity contribution >= 4 is 41.4 Å². The van der Waals surface area contributed by atoms with Gasteiger partial charge in [0.25, 0.3) is 0 Å². The summed E-state index contributed by atoms with van der Waals surface area (Å²) in [6.07, 6.45) is 9.23. The van der Waals surface area contributed by atoms with Crippen LogP contribution in [0.2, 0.25) is 0 Å². The van der Waals surface area contributed by atoms with Crippen molar-refractivity contribution in [2.24, 2.45) is 11.8 Å². The average molecular weight is 1060 g/mol. The molecule has 20 heteroatoms. The molecule has 20 nitrogen and oxygen atoms in total. The first kappa shape index (κ1) is 59.7. The molecule has 0 aliphatic carbocycles. The van der Waals surface area contributed by atoms with E-state index in [4.69, 9.17) is 0 Å². The Labute approximate surface area is 448 Å². The molecule has 0 saturated carbocycles. The highest BCUT2D eigenvalue weighted by molar-refractivity contribution is 5.96. The summed E-state index contributed by atoms with van der Waals surface area (Å²) in [6, 6.07) is 11.2. The number of nitrogens with zero attached hydrogens (tertiary/aromatic N) is 2. The van der Waals surface area contributed by atoms with E-state index in [1.807, 2.05) is 26.0 Å². The van der Waals surface area contributed by atoms with Crippen LogP contribution in [-0.4, -0.2) is 161 Å². The molecule has 1 unspecified atom stereocenters. The Kier molecular flexibility index (Phi) is 23.5. The van der Waals surface area contributed by atoms with Gasteiger partial charge < -0.3 is 62.3 Å². The molecule has 0 bridgehead atoms. The summed E-state index contributed by atoms with van der Waals surface area (Å²) < 4.78 is 0. The van der Waals surface area contributed by atoms with Gasteiger partial charge in [-0.25, -0.2) is 0 Å². The minimum absolute atomic E-state index is 0.203. The van der Waals surface area contributed by atoms with Crippen LogP contribution < -0.4 is 42.5 Å². The second-order valence-electron chi connectivity index (χ2n) is 21.1. The first-order chi connectivity index (χ1) is 36.8. The van der Waals surface area contributed by atoms with Crippen molar-refractivity contribution in [2.45, 2.75) is 183 Å². The molecular weight excluding hydrogens is 973 g/mol. The Bertz CT molecular complexity index is 2200. The van der Waals surface area contributed by atoms with Crippen LogP contribution in [-0.2, 0) is 33.6 Å². The summed E-state index contributed by atoms with van der Waals surface area (Å²) >= 11 is 0. The second-order valence-corrected chi connectivity index (χ2v) is 21.1. The highest BCUT2D eigenvalue weighted by Crippen LogP contribution is 2.36. The first-order valence-electron chi connectivity index (χ1n) is 28.0. The zero-order chi connectivity index (χ0) is 54.7.